The first-order valence-electron chi connectivity index (χ1n) is 8.12. The van der Waals surface area contributed by atoms with Gasteiger partial charge in [-0.15, -0.1) is 0 Å². The zero-order valence-corrected chi connectivity index (χ0v) is 14.3. The van der Waals surface area contributed by atoms with Crippen molar-refractivity contribution in [2.45, 2.75) is 13.1 Å². The second-order valence-electron chi connectivity index (χ2n) is 5.85. The summed E-state index contributed by atoms with van der Waals surface area (Å²) in [6.45, 7) is 1.50. The van der Waals surface area contributed by atoms with Crippen molar-refractivity contribution in [2.75, 3.05) is 5.32 Å². The molecule has 1 N–H and O–H groups in total. The minimum absolute atomic E-state index is 0.696. The van der Waals surface area contributed by atoms with Gasteiger partial charge >= 0.3 is 0 Å². The Morgan fingerprint density at radius 3 is 2.68 bits per heavy atom. The number of benzene rings is 2. The Labute approximate surface area is 151 Å². The summed E-state index contributed by atoms with van der Waals surface area (Å²) in [5.74, 6) is 0. The number of rotatable bonds is 5. The Hall–Kier alpha value is -2.85. The van der Waals surface area contributed by atoms with Gasteiger partial charge in [-0.3, -0.25) is 9.67 Å². The second-order valence-corrected chi connectivity index (χ2v) is 6.28. The minimum Gasteiger partial charge on any atom is -0.380 e. The molecule has 4 aromatic rings. The predicted octanol–water partition coefficient (Wildman–Crippen LogP) is 4.75. The molecule has 4 nitrogen and oxygen atoms in total. The number of nitrogens with one attached hydrogen (secondary N) is 1. The Bertz CT molecular complexity index is 996. The van der Waals surface area contributed by atoms with Crippen LogP contribution >= 0.6 is 11.6 Å². The molecule has 0 bridgehead atoms. The average molecular weight is 349 g/mol. The molecule has 0 aliphatic carbocycles. The first kappa shape index (κ1) is 15.7. The van der Waals surface area contributed by atoms with Crippen molar-refractivity contribution in [3.05, 3.63) is 89.3 Å². The predicted molar refractivity (Wildman–Crippen MR) is 102 cm³/mol. The van der Waals surface area contributed by atoms with E-state index in [4.69, 9.17) is 11.6 Å². The van der Waals surface area contributed by atoms with Crippen molar-refractivity contribution >= 4 is 28.2 Å². The highest BCUT2D eigenvalue weighted by Gasteiger charge is 2.06. The fourth-order valence-electron chi connectivity index (χ4n) is 2.92. The third kappa shape index (κ3) is 3.49. The first-order chi connectivity index (χ1) is 12.3. The van der Waals surface area contributed by atoms with Gasteiger partial charge in [0.05, 0.1) is 12.1 Å². The number of fused-ring (bicyclic) bond motifs is 1. The molecule has 0 saturated carbocycles. The molecule has 2 aromatic carbocycles. The minimum atomic E-state index is 0.696. The Kier molecular flexibility index (Phi) is 4.36. The normalized spacial score (nSPS) is 10.9. The standard InChI is InChI=1S/C20H17ClN4/c21-17-6-7-18-19(8-10-22-20(18)12-17)23-13-15-4-1-2-5-16(15)14-25-11-3-9-24-25/h1-12H,13-14H2,(H,22,23). The number of hydrogen-bond donors (Lipinski definition) is 1. The van der Waals surface area contributed by atoms with Gasteiger partial charge in [-0.05, 0) is 41.5 Å². The molecule has 0 unspecified atom stereocenters. The third-order valence-corrected chi connectivity index (χ3v) is 4.42. The van der Waals surface area contributed by atoms with E-state index in [1.54, 1.807) is 12.4 Å². The summed E-state index contributed by atoms with van der Waals surface area (Å²) in [6.07, 6.45) is 5.58. The molecule has 0 saturated heterocycles. The van der Waals surface area contributed by atoms with E-state index in [0.717, 1.165) is 29.7 Å². The van der Waals surface area contributed by atoms with Gasteiger partial charge in [0.15, 0.2) is 0 Å². The maximum Gasteiger partial charge on any atom is 0.0737 e. The largest absolute Gasteiger partial charge is 0.380 e. The molecular formula is C20H17ClN4. The summed E-state index contributed by atoms with van der Waals surface area (Å²) in [5.41, 5.74) is 4.44. The molecule has 0 amide bonds. The van der Waals surface area contributed by atoms with Gasteiger partial charge in [-0.2, -0.15) is 5.10 Å². The van der Waals surface area contributed by atoms with Crippen LogP contribution in [0, 0.1) is 0 Å². The van der Waals surface area contributed by atoms with Crippen molar-refractivity contribution in [3.63, 3.8) is 0 Å². The number of hydrogen-bond acceptors (Lipinski definition) is 3. The highest BCUT2D eigenvalue weighted by atomic mass is 35.5. The van der Waals surface area contributed by atoms with E-state index in [-0.39, 0.29) is 0 Å². The van der Waals surface area contributed by atoms with Crippen molar-refractivity contribution in [3.8, 4) is 0 Å². The van der Waals surface area contributed by atoms with E-state index in [2.05, 4.69) is 39.7 Å². The van der Waals surface area contributed by atoms with E-state index in [1.807, 2.05) is 41.2 Å². The van der Waals surface area contributed by atoms with Crippen LogP contribution in [0.2, 0.25) is 5.02 Å². The van der Waals surface area contributed by atoms with Gasteiger partial charge in [0, 0.05) is 41.2 Å². The zero-order valence-electron chi connectivity index (χ0n) is 13.6. The van der Waals surface area contributed by atoms with Crippen molar-refractivity contribution in [1.82, 2.24) is 14.8 Å². The summed E-state index contributed by atoms with van der Waals surface area (Å²) in [5, 5.41) is 9.59. The number of halogens is 1. The molecule has 2 aromatic heterocycles. The molecule has 0 aliphatic heterocycles. The van der Waals surface area contributed by atoms with Gasteiger partial charge < -0.3 is 5.32 Å². The van der Waals surface area contributed by atoms with Crippen LogP contribution in [0.1, 0.15) is 11.1 Å². The van der Waals surface area contributed by atoms with Crippen LogP contribution in [-0.4, -0.2) is 14.8 Å². The second kappa shape index (κ2) is 6.95. The fourth-order valence-corrected chi connectivity index (χ4v) is 3.08. The summed E-state index contributed by atoms with van der Waals surface area (Å²) < 4.78 is 1.93. The summed E-state index contributed by atoms with van der Waals surface area (Å²) in [6, 6.07) is 18.1. The molecular weight excluding hydrogens is 332 g/mol. The molecule has 0 radical (unpaired) electrons. The van der Waals surface area contributed by atoms with E-state index in [9.17, 15) is 0 Å². The first-order valence-corrected chi connectivity index (χ1v) is 8.50. The van der Waals surface area contributed by atoms with E-state index in [1.165, 1.54) is 11.1 Å². The Morgan fingerprint density at radius 2 is 1.84 bits per heavy atom. The smallest absolute Gasteiger partial charge is 0.0737 e. The maximum atomic E-state index is 6.06. The molecule has 0 aliphatic rings. The zero-order chi connectivity index (χ0) is 17.1. The molecule has 0 spiro atoms. The summed E-state index contributed by atoms with van der Waals surface area (Å²) in [7, 11) is 0. The van der Waals surface area contributed by atoms with Crippen LogP contribution in [0.3, 0.4) is 0 Å². The fraction of sp³-hybridized carbons (Fsp3) is 0.100. The number of aromatic nitrogens is 3. The maximum absolute atomic E-state index is 6.06. The van der Waals surface area contributed by atoms with Crippen molar-refractivity contribution < 1.29 is 0 Å². The average Bonchev–Trinajstić information content (AvgIpc) is 3.14. The van der Waals surface area contributed by atoms with Gasteiger partial charge in [-0.25, -0.2) is 0 Å². The lowest BCUT2D eigenvalue weighted by Gasteiger charge is -2.13. The monoisotopic (exact) mass is 348 g/mol. The van der Waals surface area contributed by atoms with Crippen LogP contribution in [0.5, 0.6) is 0 Å². The van der Waals surface area contributed by atoms with Crippen molar-refractivity contribution in [2.24, 2.45) is 0 Å². The van der Waals surface area contributed by atoms with Crippen LogP contribution < -0.4 is 5.32 Å². The molecule has 4 rings (SSSR count). The highest BCUT2D eigenvalue weighted by molar-refractivity contribution is 6.31. The molecule has 124 valence electrons. The molecule has 25 heavy (non-hydrogen) atoms. The quantitative estimate of drug-likeness (QED) is 0.566. The van der Waals surface area contributed by atoms with Gasteiger partial charge in [0.25, 0.3) is 0 Å². The lowest BCUT2D eigenvalue weighted by Crippen LogP contribution is -2.07. The van der Waals surface area contributed by atoms with Crippen LogP contribution in [0.25, 0.3) is 10.9 Å². The van der Waals surface area contributed by atoms with Crippen molar-refractivity contribution in [1.29, 1.82) is 0 Å². The van der Waals surface area contributed by atoms with Crippen LogP contribution in [0.4, 0.5) is 5.69 Å². The summed E-state index contributed by atoms with van der Waals surface area (Å²) in [4.78, 5) is 4.39. The number of anilines is 1. The van der Waals surface area contributed by atoms with E-state index < -0.39 is 0 Å². The van der Waals surface area contributed by atoms with E-state index in [0.29, 0.717) is 5.02 Å². The lowest BCUT2D eigenvalue weighted by atomic mass is 10.1. The van der Waals surface area contributed by atoms with Crippen LogP contribution in [0.15, 0.2) is 73.2 Å². The van der Waals surface area contributed by atoms with Gasteiger partial charge in [0.1, 0.15) is 0 Å². The van der Waals surface area contributed by atoms with E-state index >= 15 is 0 Å². The van der Waals surface area contributed by atoms with Gasteiger partial charge in [-0.1, -0.05) is 35.9 Å². The summed E-state index contributed by atoms with van der Waals surface area (Å²) >= 11 is 6.06. The Balaban J connectivity index is 1.58. The molecule has 2 heterocycles. The number of nitrogens with zero attached hydrogens (tertiary/aromatic N) is 3. The lowest BCUT2D eigenvalue weighted by molar-refractivity contribution is 0.682. The Morgan fingerprint density at radius 1 is 0.960 bits per heavy atom. The third-order valence-electron chi connectivity index (χ3n) is 4.18. The molecule has 5 heteroatoms. The topological polar surface area (TPSA) is 42.7 Å². The SMILES string of the molecule is Clc1ccc2c(NCc3ccccc3Cn3cccn3)ccnc2c1. The molecule has 0 fully saturated rings. The highest BCUT2D eigenvalue weighted by Crippen LogP contribution is 2.25. The molecule has 0 atom stereocenters. The van der Waals surface area contributed by atoms with Gasteiger partial charge in [0.2, 0.25) is 0 Å². The number of pyridine rings is 1. The van der Waals surface area contributed by atoms with Crippen LogP contribution in [-0.2, 0) is 13.1 Å².